The first kappa shape index (κ1) is 26.8. The highest BCUT2D eigenvalue weighted by molar-refractivity contribution is 5.95. The smallest absolute Gasteiger partial charge is 0.303 e. The zero-order chi connectivity index (χ0) is 26.1. The molecule has 2 aromatic carbocycles. The maximum Gasteiger partial charge on any atom is 0.303 e. The number of aliphatic hydroxyl groups is 2. The zero-order valence-electron chi connectivity index (χ0n) is 20.5. The number of hydrogen-bond acceptors (Lipinski definition) is 6. The van der Waals surface area contributed by atoms with Gasteiger partial charge in [0.1, 0.15) is 5.75 Å². The van der Waals surface area contributed by atoms with Gasteiger partial charge in [0.25, 0.3) is 11.8 Å². The van der Waals surface area contributed by atoms with Gasteiger partial charge in [0, 0.05) is 30.4 Å². The summed E-state index contributed by atoms with van der Waals surface area (Å²) in [5.74, 6) is -3.77. The molecule has 36 heavy (non-hydrogen) atoms. The van der Waals surface area contributed by atoms with Crippen molar-refractivity contribution in [2.45, 2.75) is 51.5 Å². The number of carbonyl (C=O) groups is 2. The van der Waals surface area contributed by atoms with Gasteiger partial charge in [0.05, 0.1) is 12.2 Å². The molecule has 0 saturated carbocycles. The number of carboxylic acid groups (broad SMARTS) is 1. The molecule has 190 valence electrons. The van der Waals surface area contributed by atoms with Gasteiger partial charge >= 0.3 is 5.97 Å². The lowest BCUT2D eigenvalue weighted by molar-refractivity contribution is -0.264. The molecule has 0 fully saturated rings. The highest BCUT2D eigenvalue weighted by Gasteiger charge is 2.42. The van der Waals surface area contributed by atoms with Gasteiger partial charge in [0.15, 0.2) is 0 Å². The molecular weight excluding hydrogens is 460 g/mol. The summed E-state index contributed by atoms with van der Waals surface area (Å²) in [5.41, 5.74) is 2.22. The van der Waals surface area contributed by atoms with Crippen molar-refractivity contribution in [3.05, 3.63) is 84.2 Å². The van der Waals surface area contributed by atoms with E-state index in [9.17, 15) is 19.8 Å². The molecule has 0 aliphatic rings. The van der Waals surface area contributed by atoms with Crippen LogP contribution in [0.5, 0.6) is 5.75 Å². The molecule has 0 aliphatic carbocycles. The summed E-state index contributed by atoms with van der Waals surface area (Å²) in [6, 6.07) is 16.6. The maximum atomic E-state index is 13.5. The molecule has 3 rings (SSSR count). The molecule has 3 N–H and O–H groups in total. The van der Waals surface area contributed by atoms with Crippen LogP contribution in [0.2, 0.25) is 0 Å². The summed E-state index contributed by atoms with van der Waals surface area (Å²) in [4.78, 5) is 29.1. The average molecular weight is 493 g/mol. The van der Waals surface area contributed by atoms with Crippen LogP contribution in [0.15, 0.2) is 73.1 Å². The van der Waals surface area contributed by atoms with E-state index in [1.165, 1.54) is 6.07 Å². The number of carboxylic acids is 1. The van der Waals surface area contributed by atoms with Gasteiger partial charge in [-0.25, -0.2) is 0 Å². The Kier molecular flexibility index (Phi) is 9.16. The number of aliphatic carboxylic acids is 1. The van der Waals surface area contributed by atoms with Crippen molar-refractivity contribution in [2.75, 3.05) is 6.61 Å². The third-order valence-electron chi connectivity index (χ3n) is 5.76. The first-order valence-corrected chi connectivity index (χ1v) is 11.9. The molecule has 0 saturated heterocycles. The van der Waals surface area contributed by atoms with E-state index in [0.717, 1.165) is 16.0 Å². The molecule has 0 radical (unpaired) electrons. The van der Waals surface area contributed by atoms with Crippen LogP contribution >= 0.6 is 0 Å². The normalized spacial score (nSPS) is 11.4. The first-order valence-electron chi connectivity index (χ1n) is 11.9. The summed E-state index contributed by atoms with van der Waals surface area (Å²) in [6.45, 7) is 3.69. The van der Waals surface area contributed by atoms with Crippen LogP contribution in [0.3, 0.4) is 0 Å². The van der Waals surface area contributed by atoms with Crippen LogP contribution < -0.4 is 4.74 Å². The Bertz CT molecular complexity index is 1150. The molecule has 0 atom stereocenters. The minimum Gasteiger partial charge on any atom is -0.493 e. The van der Waals surface area contributed by atoms with Gasteiger partial charge < -0.3 is 20.1 Å². The molecule has 8 nitrogen and oxygen atoms in total. The van der Waals surface area contributed by atoms with Crippen molar-refractivity contribution in [3.63, 3.8) is 0 Å². The number of benzene rings is 2. The summed E-state index contributed by atoms with van der Waals surface area (Å²) in [5, 5.41) is 31.3. The Balaban J connectivity index is 1.78. The second-order valence-corrected chi connectivity index (χ2v) is 8.77. The molecule has 1 amide bonds. The monoisotopic (exact) mass is 492 g/mol. The minimum atomic E-state index is -2.63. The van der Waals surface area contributed by atoms with Gasteiger partial charge in [0.2, 0.25) is 0 Å². The third-order valence-corrected chi connectivity index (χ3v) is 5.76. The van der Waals surface area contributed by atoms with E-state index in [1.54, 1.807) is 68.7 Å². The van der Waals surface area contributed by atoms with Crippen molar-refractivity contribution in [3.8, 4) is 16.9 Å². The molecule has 0 spiro atoms. The van der Waals surface area contributed by atoms with Gasteiger partial charge in [-0.1, -0.05) is 24.3 Å². The molecule has 0 unspecified atom stereocenters. The van der Waals surface area contributed by atoms with E-state index in [1.807, 2.05) is 12.1 Å². The maximum absolute atomic E-state index is 13.5. The fourth-order valence-corrected chi connectivity index (χ4v) is 3.96. The van der Waals surface area contributed by atoms with E-state index < -0.39 is 23.8 Å². The van der Waals surface area contributed by atoms with Crippen molar-refractivity contribution in [2.24, 2.45) is 0 Å². The predicted molar refractivity (Wildman–Crippen MR) is 135 cm³/mol. The van der Waals surface area contributed by atoms with Crippen LogP contribution in [0, 0.1) is 0 Å². The van der Waals surface area contributed by atoms with E-state index >= 15 is 0 Å². The highest BCUT2D eigenvalue weighted by atomic mass is 16.5. The lowest BCUT2D eigenvalue weighted by Gasteiger charge is -2.39. The van der Waals surface area contributed by atoms with Gasteiger partial charge in [-0.3, -0.25) is 19.5 Å². The van der Waals surface area contributed by atoms with Crippen molar-refractivity contribution in [1.82, 2.24) is 9.88 Å². The van der Waals surface area contributed by atoms with Gasteiger partial charge in [-0.15, -0.1) is 0 Å². The Labute approximate surface area is 210 Å². The van der Waals surface area contributed by atoms with Crippen molar-refractivity contribution in [1.29, 1.82) is 0 Å². The van der Waals surface area contributed by atoms with Crippen molar-refractivity contribution < 1.29 is 29.6 Å². The predicted octanol–water partition coefficient (Wildman–Crippen LogP) is 4.42. The van der Waals surface area contributed by atoms with Gasteiger partial charge in [-0.2, -0.15) is 0 Å². The van der Waals surface area contributed by atoms with E-state index in [2.05, 4.69) is 4.98 Å². The number of carbonyl (C=O) groups excluding carboxylic acids is 1. The summed E-state index contributed by atoms with van der Waals surface area (Å²) >= 11 is 0. The topological polar surface area (TPSA) is 120 Å². The second kappa shape index (κ2) is 12.3. The van der Waals surface area contributed by atoms with Crippen LogP contribution in [-0.4, -0.2) is 49.7 Å². The summed E-state index contributed by atoms with van der Waals surface area (Å²) < 4.78 is 5.80. The summed E-state index contributed by atoms with van der Waals surface area (Å²) in [6.07, 6.45) is 5.31. The van der Waals surface area contributed by atoms with E-state index in [-0.39, 0.29) is 24.3 Å². The van der Waals surface area contributed by atoms with Crippen LogP contribution in [0.1, 0.15) is 55.5 Å². The minimum absolute atomic E-state index is 0.0472. The SMILES string of the molecule is CC(C)N(C(=O)c1ccc(-c2ccncc2)cc1)C(O)(O)c1ccccc1OCCCCCC(=O)O. The number of aromatic nitrogens is 1. The van der Waals surface area contributed by atoms with Crippen LogP contribution in [0.25, 0.3) is 11.1 Å². The van der Waals surface area contributed by atoms with Crippen molar-refractivity contribution >= 4 is 11.9 Å². The highest BCUT2D eigenvalue weighted by Crippen LogP contribution is 2.34. The quantitative estimate of drug-likeness (QED) is 0.253. The van der Waals surface area contributed by atoms with Crippen LogP contribution in [0.4, 0.5) is 0 Å². The molecule has 0 aliphatic heterocycles. The molecule has 1 aromatic heterocycles. The number of ether oxygens (including phenoxy) is 1. The standard InChI is InChI=1S/C28H32N2O6/c1-20(2)30(27(33)23-13-11-21(12-14-23)22-15-17-29-18-16-22)28(34,35)24-8-5-6-9-25(24)36-19-7-3-4-10-26(31)32/h5-6,8-9,11-18,20,34-35H,3-4,7,10,19H2,1-2H3,(H,31,32). The molecule has 3 aromatic rings. The number of unbranched alkanes of at least 4 members (excludes halogenated alkanes) is 2. The Hall–Kier alpha value is -3.75. The number of nitrogens with zero attached hydrogens (tertiary/aromatic N) is 2. The lowest BCUT2D eigenvalue weighted by atomic mass is 10.0. The van der Waals surface area contributed by atoms with E-state index in [0.29, 0.717) is 24.8 Å². The fraction of sp³-hybridized carbons (Fsp3) is 0.321. The Morgan fingerprint density at radius 2 is 1.56 bits per heavy atom. The average Bonchev–Trinajstić information content (AvgIpc) is 2.86. The zero-order valence-corrected chi connectivity index (χ0v) is 20.5. The number of amides is 1. The second-order valence-electron chi connectivity index (χ2n) is 8.77. The molecule has 0 bridgehead atoms. The number of para-hydroxylation sites is 1. The fourth-order valence-electron chi connectivity index (χ4n) is 3.96. The van der Waals surface area contributed by atoms with Crippen LogP contribution in [-0.2, 0) is 10.7 Å². The largest absolute Gasteiger partial charge is 0.493 e. The Morgan fingerprint density at radius 3 is 2.19 bits per heavy atom. The lowest BCUT2D eigenvalue weighted by Crippen LogP contribution is -2.53. The summed E-state index contributed by atoms with van der Waals surface area (Å²) in [7, 11) is 0. The number of pyridine rings is 1. The number of hydrogen-bond donors (Lipinski definition) is 3. The molecule has 8 heteroatoms. The molecular formula is C28H32N2O6. The third kappa shape index (κ3) is 6.68. The van der Waals surface area contributed by atoms with Gasteiger partial charge in [-0.05, 0) is 80.6 Å². The van der Waals surface area contributed by atoms with E-state index in [4.69, 9.17) is 9.84 Å². The number of rotatable bonds is 12. The first-order chi connectivity index (χ1) is 17.2. The Morgan fingerprint density at radius 1 is 0.917 bits per heavy atom. The molecule has 1 heterocycles.